The Labute approximate surface area is 102 Å². The third-order valence-corrected chi connectivity index (χ3v) is 2.17. The number of para-hydroxylation sites is 1. The Kier molecular flexibility index (Phi) is 3.04. The molecule has 0 spiro atoms. The summed E-state index contributed by atoms with van der Waals surface area (Å²) in [6, 6.07) is 12.1. The fraction of sp³-hybridized carbons (Fsp3) is 0. The number of nitrogens with zero attached hydrogens (tertiary/aromatic N) is 4. The van der Waals surface area contributed by atoms with Gasteiger partial charge in [-0.3, -0.25) is 0 Å². The standard InChI is InChI=1S/C12H6N4O2/c13-7-9(8-14)6-11-12(17)18-15-16(11)10-4-2-1-3-5-10/h1-6H. The summed E-state index contributed by atoms with van der Waals surface area (Å²) in [6.07, 6.45) is 1.14. The van der Waals surface area contributed by atoms with Crippen molar-refractivity contribution in [2.24, 2.45) is 0 Å². The summed E-state index contributed by atoms with van der Waals surface area (Å²) in [7, 11) is 0. The molecule has 0 saturated heterocycles. The van der Waals surface area contributed by atoms with Crippen molar-refractivity contribution in [3.63, 3.8) is 0 Å². The molecule has 0 amide bonds. The molecule has 0 bridgehead atoms. The molecule has 2 aromatic rings. The second-order valence-electron chi connectivity index (χ2n) is 3.27. The first kappa shape index (κ1) is 11.4. The summed E-state index contributed by atoms with van der Waals surface area (Å²) in [4.78, 5) is 0. The Hall–Kier alpha value is -3.12. The van der Waals surface area contributed by atoms with E-state index in [1.807, 2.05) is 6.07 Å². The summed E-state index contributed by atoms with van der Waals surface area (Å²) >= 11 is 0. The predicted molar refractivity (Wildman–Crippen MR) is 56.7 cm³/mol. The van der Waals surface area contributed by atoms with E-state index in [1.54, 1.807) is 36.4 Å². The predicted octanol–water partition coefficient (Wildman–Crippen LogP) is 0.455. The highest BCUT2D eigenvalue weighted by molar-refractivity contribution is 5.60. The molecule has 1 aromatic heterocycles. The Morgan fingerprint density at radius 1 is 1.28 bits per heavy atom. The molecule has 6 nitrogen and oxygen atoms in total. The average molecular weight is 238 g/mol. The largest absolute Gasteiger partial charge is 0.539 e. The second-order valence-corrected chi connectivity index (χ2v) is 3.27. The summed E-state index contributed by atoms with van der Waals surface area (Å²) < 4.78 is 5.77. The van der Waals surface area contributed by atoms with E-state index >= 15 is 0 Å². The van der Waals surface area contributed by atoms with Gasteiger partial charge in [-0.25, -0.2) is 0 Å². The molecular weight excluding hydrogens is 232 g/mol. The first-order valence-electron chi connectivity index (χ1n) is 4.92. The highest BCUT2D eigenvalue weighted by Crippen LogP contribution is 2.13. The molecule has 0 unspecified atom stereocenters. The van der Waals surface area contributed by atoms with Crippen LogP contribution in [0.5, 0.6) is 5.95 Å². The zero-order chi connectivity index (χ0) is 13.0. The Balaban J connectivity index is 2.57. The molecular formula is C12H6N4O2. The maximum absolute atomic E-state index is 11.5. The number of nitriles is 2. The first-order valence-corrected chi connectivity index (χ1v) is 4.92. The molecule has 0 aliphatic carbocycles. The van der Waals surface area contributed by atoms with Crippen LogP contribution in [0, 0.1) is 22.7 Å². The van der Waals surface area contributed by atoms with Crippen molar-refractivity contribution in [2.75, 3.05) is 0 Å². The van der Waals surface area contributed by atoms with E-state index in [1.165, 1.54) is 4.68 Å². The van der Waals surface area contributed by atoms with E-state index < -0.39 is 5.95 Å². The fourth-order valence-corrected chi connectivity index (χ4v) is 1.36. The van der Waals surface area contributed by atoms with Crippen molar-refractivity contribution in [3.05, 3.63) is 41.6 Å². The number of aromatic nitrogens is 2. The summed E-state index contributed by atoms with van der Waals surface area (Å²) in [5, 5.41) is 32.4. The zero-order valence-electron chi connectivity index (χ0n) is 9.07. The third-order valence-electron chi connectivity index (χ3n) is 2.17. The van der Waals surface area contributed by atoms with E-state index in [0.717, 1.165) is 6.08 Å². The zero-order valence-corrected chi connectivity index (χ0v) is 9.07. The summed E-state index contributed by atoms with van der Waals surface area (Å²) in [5.41, 5.74) is 0.434. The smallest absolute Gasteiger partial charge is 0.265 e. The van der Waals surface area contributed by atoms with Gasteiger partial charge in [0.2, 0.25) is 5.69 Å². The second kappa shape index (κ2) is 4.81. The van der Waals surface area contributed by atoms with Crippen LogP contribution in [0.15, 0.2) is 40.4 Å². The summed E-state index contributed by atoms with van der Waals surface area (Å²) in [5.74, 6) is -0.707. The van der Waals surface area contributed by atoms with Crippen LogP contribution in [-0.4, -0.2) is 5.27 Å². The Morgan fingerprint density at radius 2 is 1.94 bits per heavy atom. The van der Waals surface area contributed by atoms with Gasteiger partial charge in [0.25, 0.3) is 5.69 Å². The van der Waals surface area contributed by atoms with Crippen molar-refractivity contribution in [1.29, 1.82) is 10.5 Å². The molecule has 0 aliphatic rings. The minimum atomic E-state index is -0.707. The number of allylic oxidation sites excluding steroid dienone is 1. The van der Waals surface area contributed by atoms with Gasteiger partial charge in [0.15, 0.2) is 5.95 Å². The topological polar surface area (TPSA) is 101 Å². The van der Waals surface area contributed by atoms with Crippen LogP contribution in [0.1, 0.15) is 5.69 Å². The normalized spacial score (nSPS) is 9.22. The average Bonchev–Trinajstić information content (AvgIpc) is 2.78. The lowest BCUT2D eigenvalue weighted by atomic mass is 10.2. The minimum Gasteiger partial charge on any atom is -0.539 e. The van der Waals surface area contributed by atoms with Crippen LogP contribution < -0.4 is 9.79 Å². The maximum Gasteiger partial charge on any atom is 0.265 e. The molecule has 1 aromatic carbocycles. The van der Waals surface area contributed by atoms with Crippen LogP contribution >= 0.6 is 0 Å². The molecule has 0 saturated carbocycles. The van der Waals surface area contributed by atoms with Crippen molar-refractivity contribution in [3.8, 4) is 23.8 Å². The van der Waals surface area contributed by atoms with Gasteiger partial charge < -0.3 is 9.63 Å². The van der Waals surface area contributed by atoms with Crippen LogP contribution in [0.3, 0.4) is 0 Å². The fourth-order valence-electron chi connectivity index (χ4n) is 1.36. The first-order chi connectivity index (χ1) is 8.76. The van der Waals surface area contributed by atoms with Crippen LogP contribution in [0.25, 0.3) is 11.8 Å². The molecule has 0 N–H and O–H groups in total. The molecule has 1 heterocycles. The summed E-state index contributed by atoms with van der Waals surface area (Å²) in [6.45, 7) is 0. The number of benzene rings is 1. The van der Waals surface area contributed by atoms with Gasteiger partial charge in [0, 0.05) is 18.2 Å². The number of rotatable bonds is 2. The number of hydrogen-bond donors (Lipinski definition) is 0. The van der Waals surface area contributed by atoms with Crippen molar-refractivity contribution in [2.45, 2.75) is 0 Å². The van der Waals surface area contributed by atoms with E-state index in [-0.39, 0.29) is 11.3 Å². The highest BCUT2D eigenvalue weighted by atomic mass is 16.6. The van der Waals surface area contributed by atoms with E-state index in [4.69, 9.17) is 10.5 Å². The molecule has 0 aliphatic heterocycles. The Morgan fingerprint density at radius 3 is 2.56 bits per heavy atom. The van der Waals surface area contributed by atoms with Crippen LogP contribution in [0.4, 0.5) is 0 Å². The van der Waals surface area contributed by atoms with Crippen LogP contribution in [-0.2, 0) is 0 Å². The van der Waals surface area contributed by atoms with Gasteiger partial charge in [0.05, 0.1) is 5.27 Å². The molecule has 2 rings (SSSR count). The quantitative estimate of drug-likeness (QED) is 0.558. The van der Waals surface area contributed by atoms with Crippen LogP contribution in [0.2, 0.25) is 0 Å². The lowest BCUT2D eigenvalue weighted by Crippen LogP contribution is -2.35. The minimum absolute atomic E-state index is 0.0271. The number of hydrogen-bond acceptors (Lipinski definition) is 5. The van der Waals surface area contributed by atoms with E-state index in [0.29, 0.717) is 5.69 Å². The lowest BCUT2D eigenvalue weighted by Gasteiger charge is -1.91. The van der Waals surface area contributed by atoms with Gasteiger partial charge in [0.1, 0.15) is 17.7 Å². The van der Waals surface area contributed by atoms with Crippen molar-refractivity contribution in [1.82, 2.24) is 5.27 Å². The van der Waals surface area contributed by atoms with E-state index in [2.05, 4.69) is 9.79 Å². The third kappa shape index (κ3) is 2.04. The van der Waals surface area contributed by atoms with Gasteiger partial charge >= 0.3 is 0 Å². The highest BCUT2D eigenvalue weighted by Gasteiger charge is 2.18. The van der Waals surface area contributed by atoms with Crippen molar-refractivity contribution < 1.29 is 14.3 Å². The molecule has 86 valence electrons. The van der Waals surface area contributed by atoms with Gasteiger partial charge in [-0.2, -0.15) is 10.5 Å². The lowest BCUT2D eigenvalue weighted by molar-refractivity contribution is -0.672. The SMILES string of the molecule is N#CC(C#N)=Cc1c([O-])on[n+]1-c1ccccc1. The molecule has 0 fully saturated rings. The van der Waals surface area contributed by atoms with Crippen molar-refractivity contribution >= 4 is 6.08 Å². The molecule has 0 atom stereocenters. The molecule has 6 heteroatoms. The van der Waals surface area contributed by atoms with E-state index in [9.17, 15) is 5.11 Å². The monoisotopic (exact) mass is 238 g/mol. The molecule has 18 heavy (non-hydrogen) atoms. The van der Waals surface area contributed by atoms with Gasteiger partial charge in [-0.05, 0) is 4.68 Å². The van der Waals surface area contributed by atoms with Gasteiger partial charge in [-0.15, -0.1) is 0 Å². The maximum atomic E-state index is 11.5. The Bertz CT molecular complexity index is 658. The molecule has 0 radical (unpaired) electrons. The van der Waals surface area contributed by atoms with Gasteiger partial charge in [-0.1, -0.05) is 18.2 Å².